The highest BCUT2D eigenvalue weighted by Crippen LogP contribution is 2.64. The van der Waals surface area contributed by atoms with Crippen molar-refractivity contribution in [1.29, 1.82) is 0 Å². The summed E-state index contributed by atoms with van der Waals surface area (Å²) in [7, 11) is 0. The number of fused-ring (bicyclic) bond motifs is 13. The van der Waals surface area contributed by atoms with E-state index in [1.807, 2.05) is 11.3 Å². The minimum absolute atomic E-state index is 0.592. The second-order valence-corrected chi connectivity index (χ2v) is 19.1. The van der Waals surface area contributed by atoms with Crippen LogP contribution < -0.4 is 14.7 Å². The molecule has 1 aromatic heterocycles. The zero-order valence-electron chi connectivity index (χ0n) is 37.6. The second-order valence-electron chi connectivity index (χ2n) is 18.0. The maximum absolute atomic E-state index is 2.51. The Hall–Kier alpha value is -8.70. The van der Waals surface area contributed by atoms with Crippen molar-refractivity contribution in [2.75, 3.05) is 14.7 Å². The van der Waals surface area contributed by atoms with Crippen LogP contribution in [-0.2, 0) is 5.41 Å². The molecule has 1 spiro atoms. The Morgan fingerprint density at radius 3 is 1.58 bits per heavy atom. The summed E-state index contributed by atoms with van der Waals surface area (Å²) in [6.07, 6.45) is 0. The van der Waals surface area contributed by atoms with E-state index in [-0.39, 0.29) is 0 Å². The van der Waals surface area contributed by atoms with Crippen LogP contribution in [0.2, 0.25) is 0 Å². The highest BCUT2D eigenvalue weighted by atomic mass is 32.1. The molecule has 1 aliphatic heterocycles. The predicted molar refractivity (Wildman–Crippen MR) is 292 cm³/mol. The summed E-state index contributed by atoms with van der Waals surface area (Å²) in [5, 5.41) is 4.92. The zero-order chi connectivity index (χ0) is 45.5. The summed E-state index contributed by atoms with van der Waals surface area (Å²) in [4.78, 5) is 7.34. The number of hydrogen-bond acceptors (Lipinski definition) is 4. The van der Waals surface area contributed by atoms with Gasteiger partial charge in [-0.05, 0) is 141 Å². The van der Waals surface area contributed by atoms with Gasteiger partial charge in [-0.2, -0.15) is 0 Å². The molecule has 1 aliphatic carbocycles. The molecule has 0 bridgehead atoms. The van der Waals surface area contributed by atoms with Gasteiger partial charge in [-0.25, -0.2) is 0 Å². The van der Waals surface area contributed by atoms with Crippen LogP contribution in [0, 0.1) is 0 Å². The van der Waals surface area contributed by atoms with E-state index in [0.29, 0.717) is 0 Å². The third kappa shape index (κ3) is 5.99. The van der Waals surface area contributed by atoms with Crippen LogP contribution in [0.1, 0.15) is 22.3 Å². The van der Waals surface area contributed by atoms with Crippen LogP contribution in [-0.4, -0.2) is 0 Å². The van der Waals surface area contributed by atoms with Gasteiger partial charge in [0.2, 0.25) is 0 Å². The molecule has 0 unspecified atom stereocenters. The first kappa shape index (κ1) is 39.5. The molecule has 0 N–H and O–H groups in total. The molecular formula is C65H43N3S. The second kappa shape index (κ2) is 15.7. The molecule has 0 fully saturated rings. The first-order valence-electron chi connectivity index (χ1n) is 23.7. The van der Waals surface area contributed by atoms with Crippen LogP contribution in [0.5, 0.6) is 0 Å². The smallest absolute Gasteiger partial charge is 0.0755 e. The number of hydrogen-bond donors (Lipinski definition) is 0. The molecule has 12 aromatic rings. The number of thiophene rings is 1. The van der Waals surface area contributed by atoms with Gasteiger partial charge in [0, 0.05) is 54.3 Å². The minimum Gasteiger partial charge on any atom is -0.310 e. The van der Waals surface area contributed by atoms with Crippen molar-refractivity contribution in [2.45, 2.75) is 5.41 Å². The number of nitrogens with zero attached hydrogens (tertiary/aromatic N) is 3. The van der Waals surface area contributed by atoms with E-state index in [0.717, 1.165) is 39.8 Å². The van der Waals surface area contributed by atoms with Gasteiger partial charge in [-0.3, -0.25) is 0 Å². The first-order chi connectivity index (χ1) is 34.2. The van der Waals surface area contributed by atoms with E-state index in [9.17, 15) is 0 Å². The van der Waals surface area contributed by atoms with E-state index in [1.54, 1.807) is 0 Å². The van der Waals surface area contributed by atoms with Crippen LogP contribution >= 0.6 is 11.3 Å². The Morgan fingerprint density at radius 1 is 0.333 bits per heavy atom. The molecule has 0 atom stereocenters. The summed E-state index contributed by atoms with van der Waals surface area (Å²) in [6.45, 7) is 0. The van der Waals surface area contributed by atoms with Crippen molar-refractivity contribution >= 4 is 93.5 Å². The quantitative estimate of drug-likeness (QED) is 0.158. The summed E-state index contributed by atoms with van der Waals surface area (Å²) in [6, 6.07) is 96.2. The molecule has 69 heavy (non-hydrogen) atoms. The van der Waals surface area contributed by atoms with Crippen molar-refractivity contribution < 1.29 is 0 Å². The van der Waals surface area contributed by atoms with Crippen LogP contribution in [0.15, 0.2) is 261 Å². The van der Waals surface area contributed by atoms with E-state index < -0.39 is 5.41 Å². The van der Waals surface area contributed by atoms with Gasteiger partial charge in [0.25, 0.3) is 0 Å². The molecule has 2 aliphatic rings. The van der Waals surface area contributed by atoms with E-state index in [1.165, 1.54) is 75.7 Å². The van der Waals surface area contributed by atoms with E-state index in [4.69, 9.17) is 0 Å². The lowest BCUT2D eigenvalue weighted by Crippen LogP contribution is -2.36. The van der Waals surface area contributed by atoms with Gasteiger partial charge in [-0.1, -0.05) is 164 Å². The zero-order valence-corrected chi connectivity index (χ0v) is 38.4. The fraction of sp³-hybridized carbons (Fsp3) is 0.0154. The van der Waals surface area contributed by atoms with Crippen LogP contribution in [0.3, 0.4) is 0 Å². The van der Waals surface area contributed by atoms with Gasteiger partial charge >= 0.3 is 0 Å². The Morgan fingerprint density at radius 2 is 0.884 bits per heavy atom. The SMILES string of the molecule is c1ccc(N(c2ccccc2)c2ccc3c(c2)sc2cccc(N(c4ccccc4)c4ccc5c(c4)C4(c6ccccc6-c6ccccc64)c4ccccc4N5c4ccc5ccccc5c4)c23)cc1. The van der Waals surface area contributed by atoms with Crippen molar-refractivity contribution in [3.63, 3.8) is 0 Å². The maximum Gasteiger partial charge on any atom is 0.0755 e. The molecule has 0 radical (unpaired) electrons. The van der Waals surface area contributed by atoms with E-state index >= 15 is 0 Å². The highest BCUT2D eigenvalue weighted by molar-refractivity contribution is 7.26. The lowest BCUT2D eigenvalue weighted by atomic mass is 9.64. The first-order valence-corrected chi connectivity index (χ1v) is 24.5. The predicted octanol–water partition coefficient (Wildman–Crippen LogP) is 18.3. The third-order valence-electron chi connectivity index (χ3n) is 14.4. The standard InChI is InChI=1S/C65H43N3S/c1-4-21-46(22-5-1)66(47-23-6-2-7-24-47)51-37-39-54-63(43-51)69-62-34-18-33-61(64(54)62)67(48-25-8-3-9-26-48)50-38-40-60-58(42-50)65(55-29-14-12-27-52(55)53-28-13-15-30-56(53)65)57-31-16-17-32-59(57)68(60)49-36-35-44-19-10-11-20-45(44)41-49/h1-43H. The number of para-hydroxylation sites is 4. The van der Waals surface area contributed by atoms with Crippen LogP contribution in [0.25, 0.3) is 42.1 Å². The topological polar surface area (TPSA) is 9.72 Å². The lowest BCUT2D eigenvalue weighted by molar-refractivity contribution is 0.752. The van der Waals surface area contributed by atoms with E-state index in [2.05, 4.69) is 276 Å². The lowest BCUT2D eigenvalue weighted by Gasteiger charge is -2.45. The molecule has 3 nitrogen and oxygen atoms in total. The Labute approximate surface area is 405 Å². The van der Waals surface area contributed by atoms with Crippen molar-refractivity contribution in [3.05, 3.63) is 283 Å². The average Bonchev–Trinajstić information content (AvgIpc) is 3.94. The van der Waals surface area contributed by atoms with Gasteiger partial charge in [-0.15, -0.1) is 11.3 Å². The molecule has 11 aromatic carbocycles. The summed E-state index contributed by atoms with van der Waals surface area (Å²) >= 11 is 1.86. The summed E-state index contributed by atoms with van der Waals surface area (Å²) in [5.74, 6) is 0. The average molecular weight is 898 g/mol. The normalized spacial score (nSPS) is 13.0. The molecule has 324 valence electrons. The van der Waals surface area contributed by atoms with Gasteiger partial charge < -0.3 is 14.7 Å². The third-order valence-corrected chi connectivity index (χ3v) is 15.5. The molecular weight excluding hydrogens is 855 g/mol. The minimum atomic E-state index is -0.592. The Kier molecular flexibility index (Phi) is 8.98. The summed E-state index contributed by atoms with van der Waals surface area (Å²) < 4.78 is 2.49. The fourth-order valence-electron chi connectivity index (χ4n) is 11.6. The number of anilines is 9. The van der Waals surface area contributed by atoms with Gasteiger partial charge in [0.05, 0.1) is 22.5 Å². The Balaban J connectivity index is 1.02. The van der Waals surface area contributed by atoms with Crippen molar-refractivity contribution in [3.8, 4) is 11.1 Å². The monoisotopic (exact) mass is 897 g/mol. The number of rotatable bonds is 7. The molecule has 4 heteroatoms. The van der Waals surface area contributed by atoms with Gasteiger partial charge in [0.1, 0.15) is 0 Å². The molecule has 2 heterocycles. The van der Waals surface area contributed by atoms with Crippen molar-refractivity contribution in [2.24, 2.45) is 0 Å². The van der Waals surface area contributed by atoms with Crippen molar-refractivity contribution in [1.82, 2.24) is 0 Å². The summed E-state index contributed by atoms with van der Waals surface area (Å²) in [5.41, 5.74) is 17.3. The van der Waals surface area contributed by atoms with Gasteiger partial charge in [0.15, 0.2) is 0 Å². The Bertz CT molecular complexity index is 3850. The fourth-order valence-corrected chi connectivity index (χ4v) is 12.7. The number of benzene rings is 11. The molecule has 0 saturated heterocycles. The molecule has 0 saturated carbocycles. The molecule has 14 rings (SSSR count). The maximum atomic E-state index is 2.51. The largest absolute Gasteiger partial charge is 0.310 e. The van der Waals surface area contributed by atoms with Crippen LogP contribution in [0.4, 0.5) is 51.2 Å². The molecule has 0 amide bonds. The highest BCUT2D eigenvalue weighted by Gasteiger charge is 2.52.